The van der Waals surface area contributed by atoms with E-state index in [0.717, 1.165) is 17.7 Å². The summed E-state index contributed by atoms with van der Waals surface area (Å²) in [6.07, 6.45) is 0.719. The third-order valence-corrected chi connectivity index (χ3v) is 2.91. The Kier molecular flexibility index (Phi) is 5.65. The van der Waals surface area contributed by atoms with Gasteiger partial charge in [-0.3, -0.25) is 4.79 Å². The van der Waals surface area contributed by atoms with Crippen molar-refractivity contribution >= 4 is 5.91 Å². The molecule has 0 fully saturated rings. The van der Waals surface area contributed by atoms with Crippen LogP contribution >= 0.6 is 0 Å². The van der Waals surface area contributed by atoms with E-state index in [0.29, 0.717) is 0 Å². The summed E-state index contributed by atoms with van der Waals surface area (Å²) in [5, 5.41) is 11.7. The van der Waals surface area contributed by atoms with Crippen LogP contribution in [0.1, 0.15) is 31.7 Å². The van der Waals surface area contributed by atoms with Gasteiger partial charge in [-0.2, -0.15) is 0 Å². The average molecular weight is 251 g/mol. The van der Waals surface area contributed by atoms with Gasteiger partial charge in [0.25, 0.3) is 0 Å². The summed E-state index contributed by atoms with van der Waals surface area (Å²) < 4.78 is 5.09. The van der Waals surface area contributed by atoms with Gasteiger partial charge in [0.2, 0.25) is 5.91 Å². The minimum atomic E-state index is -0.218. The number of hydrogen-bond acceptors (Lipinski definition) is 3. The highest BCUT2D eigenvalue weighted by Gasteiger charge is 2.19. The van der Waals surface area contributed by atoms with Crippen LogP contribution in [0, 0.1) is 0 Å². The van der Waals surface area contributed by atoms with E-state index in [1.807, 2.05) is 31.2 Å². The second-order valence-corrected chi connectivity index (χ2v) is 4.33. The molecule has 1 aromatic carbocycles. The Balaban J connectivity index is 2.78. The molecule has 0 saturated carbocycles. The van der Waals surface area contributed by atoms with Gasteiger partial charge in [-0.05, 0) is 31.0 Å². The Morgan fingerprint density at radius 3 is 2.44 bits per heavy atom. The second kappa shape index (κ2) is 7.01. The van der Waals surface area contributed by atoms with Gasteiger partial charge in [0.05, 0.1) is 19.6 Å². The number of aliphatic hydroxyl groups is 1. The van der Waals surface area contributed by atoms with E-state index < -0.39 is 0 Å². The molecule has 0 aliphatic heterocycles. The summed E-state index contributed by atoms with van der Waals surface area (Å²) >= 11 is 0. The largest absolute Gasteiger partial charge is 0.497 e. The highest BCUT2D eigenvalue weighted by Crippen LogP contribution is 2.22. The van der Waals surface area contributed by atoms with Crippen molar-refractivity contribution in [3.05, 3.63) is 29.8 Å². The minimum Gasteiger partial charge on any atom is -0.497 e. The molecule has 0 spiro atoms. The molecule has 0 heterocycles. The van der Waals surface area contributed by atoms with Crippen LogP contribution in [0.5, 0.6) is 5.75 Å². The van der Waals surface area contributed by atoms with Gasteiger partial charge < -0.3 is 15.2 Å². The first kappa shape index (κ1) is 14.5. The molecule has 0 saturated heterocycles. The molecule has 0 radical (unpaired) electrons. The number of methoxy groups -OCH3 is 1. The highest BCUT2D eigenvalue weighted by atomic mass is 16.5. The zero-order valence-corrected chi connectivity index (χ0v) is 11.1. The van der Waals surface area contributed by atoms with Crippen LogP contribution in [0.2, 0.25) is 0 Å². The zero-order valence-electron chi connectivity index (χ0n) is 11.1. The van der Waals surface area contributed by atoms with Gasteiger partial charge in [-0.15, -0.1) is 0 Å². The Hall–Kier alpha value is -1.55. The summed E-state index contributed by atoms with van der Waals surface area (Å²) in [5.41, 5.74) is 0.959. The van der Waals surface area contributed by atoms with Crippen molar-refractivity contribution in [2.24, 2.45) is 0 Å². The van der Waals surface area contributed by atoms with Crippen molar-refractivity contribution in [2.75, 3.05) is 13.7 Å². The predicted molar refractivity (Wildman–Crippen MR) is 70.7 cm³/mol. The van der Waals surface area contributed by atoms with E-state index >= 15 is 0 Å². The Morgan fingerprint density at radius 1 is 1.39 bits per heavy atom. The quantitative estimate of drug-likeness (QED) is 0.809. The maximum absolute atomic E-state index is 12.0. The molecule has 2 atom stereocenters. The van der Waals surface area contributed by atoms with E-state index in [-0.39, 0.29) is 24.5 Å². The van der Waals surface area contributed by atoms with Gasteiger partial charge >= 0.3 is 0 Å². The third kappa shape index (κ3) is 3.74. The van der Waals surface area contributed by atoms with Gasteiger partial charge in [-0.25, -0.2) is 0 Å². The maximum atomic E-state index is 12.0. The lowest BCUT2D eigenvalue weighted by molar-refractivity contribution is -0.123. The fraction of sp³-hybridized carbons (Fsp3) is 0.500. The first-order valence-electron chi connectivity index (χ1n) is 6.17. The third-order valence-electron chi connectivity index (χ3n) is 2.91. The average Bonchev–Trinajstić information content (AvgIpc) is 2.40. The van der Waals surface area contributed by atoms with Crippen molar-refractivity contribution in [3.63, 3.8) is 0 Å². The van der Waals surface area contributed by atoms with Gasteiger partial charge in [-0.1, -0.05) is 19.1 Å². The molecule has 1 rings (SSSR count). The van der Waals surface area contributed by atoms with E-state index in [1.165, 1.54) is 0 Å². The van der Waals surface area contributed by atoms with E-state index in [1.54, 1.807) is 14.0 Å². The first-order chi connectivity index (χ1) is 8.62. The van der Waals surface area contributed by atoms with Crippen molar-refractivity contribution < 1.29 is 14.6 Å². The second-order valence-electron chi connectivity index (χ2n) is 4.33. The number of carbonyl (C=O) groups excluding carboxylic acids is 1. The van der Waals surface area contributed by atoms with Gasteiger partial charge in [0.15, 0.2) is 0 Å². The molecule has 0 aliphatic rings. The molecule has 1 aromatic rings. The number of nitrogens with one attached hydrogen (secondary N) is 1. The Morgan fingerprint density at radius 2 is 2.00 bits per heavy atom. The van der Waals surface area contributed by atoms with Crippen molar-refractivity contribution in [1.82, 2.24) is 5.32 Å². The predicted octanol–water partition coefficient (Wildman–Crippen LogP) is 1.69. The molecular weight excluding hydrogens is 230 g/mol. The Bertz CT molecular complexity index is 375. The molecule has 18 heavy (non-hydrogen) atoms. The topological polar surface area (TPSA) is 58.6 Å². The normalized spacial score (nSPS) is 13.8. The molecule has 0 aliphatic carbocycles. The molecule has 1 amide bonds. The molecule has 100 valence electrons. The minimum absolute atomic E-state index is 0.0508. The zero-order chi connectivity index (χ0) is 13.5. The summed E-state index contributed by atoms with van der Waals surface area (Å²) in [5.74, 6) is 0.534. The van der Waals surface area contributed by atoms with Crippen molar-refractivity contribution in [1.29, 1.82) is 0 Å². The van der Waals surface area contributed by atoms with Gasteiger partial charge in [0.1, 0.15) is 5.75 Å². The van der Waals surface area contributed by atoms with Crippen molar-refractivity contribution in [2.45, 2.75) is 32.2 Å². The molecule has 4 nitrogen and oxygen atoms in total. The fourth-order valence-electron chi connectivity index (χ4n) is 1.80. The van der Waals surface area contributed by atoms with E-state index in [9.17, 15) is 4.79 Å². The van der Waals surface area contributed by atoms with Crippen LogP contribution in [-0.4, -0.2) is 30.8 Å². The Labute approximate surface area is 108 Å². The molecule has 4 heteroatoms. The monoisotopic (exact) mass is 251 g/mol. The summed E-state index contributed by atoms with van der Waals surface area (Å²) in [7, 11) is 1.61. The maximum Gasteiger partial charge on any atom is 0.227 e. The van der Waals surface area contributed by atoms with Gasteiger partial charge in [0, 0.05) is 6.04 Å². The van der Waals surface area contributed by atoms with E-state index in [2.05, 4.69) is 5.32 Å². The number of aliphatic hydroxyl groups excluding tert-OH is 1. The lowest BCUT2D eigenvalue weighted by Crippen LogP contribution is -2.38. The number of ether oxygens (including phenoxy) is 1. The standard InChI is InChI=1S/C14H21NO3/c1-4-13(14(17)15-10(2)9-16)11-5-7-12(18-3)8-6-11/h5-8,10,13,16H,4,9H2,1-3H3,(H,15,17). The fourth-order valence-corrected chi connectivity index (χ4v) is 1.80. The number of carbonyl (C=O) groups is 1. The van der Waals surface area contributed by atoms with Crippen LogP contribution in [0.3, 0.4) is 0 Å². The number of amides is 1. The summed E-state index contributed by atoms with van der Waals surface area (Å²) in [6.45, 7) is 3.70. The number of rotatable bonds is 6. The van der Waals surface area contributed by atoms with Crippen LogP contribution in [-0.2, 0) is 4.79 Å². The van der Waals surface area contributed by atoms with E-state index in [4.69, 9.17) is 9.84 Å². The molecule has 2 N–H and O–H groups in total. The van der Waals surface area contributed by atoms with Crippen LogP contribution < -0.4 is 10.1 Å². The SMILES string of the molecule is CCC(C(=O)NC(C)CO)c1ccc(OC)cc1. The first-order valence-corrected chi connectivity index (χ1v) is 6.17. The molecular formula is C14H21NO3. The highest BCUT2D eigenvalue weighted by molar-refractivity contribution is 5.83. The smallest absolute Gasteiger partial charge is 0.227 e. The van der Waals surface area contributed by atoms with Crippen LogP contribution in [0.25, 0.3) is 0 Å². The van der Waals surface area contributed by atoms with Crippen LogP contribution in [0.15, 0.2) is 24.3 Å². The number of hydrogen-bond donors (Lipinski definition) is 2. The molecule has 0 aromatic heterocycles. The molecule has 2 unspecified atom stereocenters. The lowest BCUT2D eigenvalue weighted by atomic mass is 9.95. The van der Waals surface area contributed by atoms with Crippen molar-refractivity contribution in [3.8, 4) is 5.75 Å². The molecule has 0 bridgehead atoms. The lowest BCUT2D eigenvalue weighted by Gasteiger charge is -2.18. The summed E-state index contributed by atoms with van der Waals surface area (Å²) in [4.78, 5) is 12.0. The summed E-state index contributed by atoms with van der Waals surface area (Å²) in [6, 6.07) is 7.28. The number of benzene rings is 1. The van der Waals surface area contributed by atoms with Crippen LogP contribution in [0.4, 0.5) is 0 Å².